The van der Waals surface area contributed by atoms with E-state index in [0.717, 1.165) is 21.3 Å². The standard InChI is InChI=1S/C20H22N4O4S2/c1-13-11-14(2)18-17(12-13)29-20(21-18)23-22-19(25)15-3-5-16(6-4-15)30(26,27)24-7-9-28-10-8-24/h3-6,11-12H,7-10H2,1-2H3,(H,21,23)(H,22,25). The van der Waals surface area contributed by atoms with Crippen LogP contribution in [0.3, 0.4) is 0 Å². The number of thiazole rings is 1. The number of ether oxygens (including phenoxy) is 1. The number of hydrazine groups is 1. The third-order valence-corrected chi connectivity index (χ3v) is 7.67. The first-order valence-corrected chi connectivity index (χ1v) is 11.7. The molecule has 0 saturated carbocycles. The summed E-state index contributed by atoms with van der Waals surface area (Å²) >= 11 is 1.45. The molecule has 1 aromatic heterocycles. The summed E-state index contributed by atoms with van der Waals surface area (Å²) in [5.41, 5.74) is 8.94. The summed E-state index contributed by atoms with van der Waals surface area (Å²) in [6.07, 6.45) is 0. The summed E-state index contributed by atoms with van der Waals surface area (Å²) in [6, 6.07) is 10.0. The Morgan fingerprint density at radius 2 is 1.83 bits per heavy atom. The van der Waals surface area contributed by atoms with Crippen molar-refractivity contribution in [2.75, 3.05) is 31.7 Å². The maximum Gasteiger partial charge on any atom is 0.269 e. The van der Waals surface area contributed by atoms with Crippen molar-refractivity contribution in [3.05, 3.63) is 53.1 Å². The number of fused-ring (bicyclic) bond motifs is 1. The van der Waals surface area contributed by atoms with Gasteiger partial charge in [0.25, 0.3) is 5.91 Å². The Kier molecular flexibility index (Phi) is 5.74. The van der Waals surface area contributed by atoms with Crippen molar-refractivity contribution in [2.45, 2.75) is 18.7 Å². The summed E-state index contributed by atoms with van der Waals surface area (Å²) in [5, 5.41) is 0.582. The first-order valence-electron chi connectivity index (χ1n) is 9.47. The van der Waals surface area contributed by atoms with E-state index >= 15 is 0 Å². The number of nitrogens with one attached hydrogen (secondary N) is 2. The SMILES string of the molecule is Cc1cc(C)c2nc(NNC(=O)c3ccc(S(=O)(=O)N4CCOCC4)cc3)sc2c1. The number of anilines is 1. The number of sulfonamides is 1. The molecule has 1 aliphatic heterocycles. The second-order valence-corrected chi connectivity index (χ2v) is 10.0. The molecule has 1 saturated heterocycles. The van der Waals surface area contributed by atoms with E-state index in [-0.39, 0.29) is 10.8 Å². The fourth-order valence-corrected chi connectivity index (χ4v) is 5.72. The highest BCUT2D eigenvalue weighted by molar-refractivity contribution is 7.89. The van der Waals surface area contributed by atoms with Gasteiger partial charge in [-0.25, -0.2) is 13.4 Å². The number of hydrogen-bond donors (Lipinski definition) is 2. The third-order valence-electron chi connectivity index (χ3n) is 4.84. The van der Waals surface area contributed by atoms with Crippen LogP contribution in [0.4, 0.5) is 5.13 Å². The molecule has 0 bridgehead atoms. The van der Waals surface area contributed by atoms with E-state index in [2.05, 4.69) is 28.0 Å². The lowest BCUT2D eigenvalue weighted by atomic mass is 10.1. The van der Waals surface area contributed by atoms with Crippen LogP contribution in [0.2, 0.25) is 0 Å². The van der Waals surface area contributed by atoms with E-state index in [0.29, 0.717) is 37.0 Å². The average molecular weight is 447 g/mol. The van der Waals surface area contributed by atoms with Gasteiger partial charge in [-0.2, -0.15) is 4.31 Å². The van der Waals surface area contributed by atoms with Crippen LogP contribution in [0.1, 0.15) is 21.5 Å². The Labute approximate surface area is 178 Å². The quantitative estimate of drug-likeness (QED) is 0.585. The number of carbonyl (C=O) groups excluding carboxylic acids is 1. The largest absolute Gasteiger partial charge is 0.379 e. The monoisotopic (exact) mass is 446 g/mol. The second kappa shape index (κ2) is 8.31. The predicted octanol–water partition coefficient (Wildman–Crippen LogP) is 2.69. The molecule has 0 aliphatic carbocycles. The highest BCUT2D eigenvalue weighted by Crippen LogP contribution is 2.29. The normalized spacial score (nSPS) is 15.3. The Hall–Kier alpha value is -2.53. The van der Waals surface area contributed by atoms with E-state index in [1.54, 1.807) is 0 Å². The zero-order chi connectivity index (χ0) is 21.3. The van der Waals surface area contributed by atoms with Gasteiger partial charge in [-0.15, -0.1) is 0 Å². The maximum atomic E-state index is 12.7. The number of morpholine rings is 1. The van der Waals surface area contributed by atoms with Crippen LogP contribution in [0.5, 0.6) is 0 Å². The topological polar surface area (TPSA) is 101 Å². The zero-order valence-electron chi connectivity index (χ0n) is 16.6. The maximum absolute atomic E-state index is 12.7. The molecular formula is C20H22N4O4S2. The van der Waals surface area contributed by atoms with Crippen molar-refractivity contribution in [1.29, 1.82) is 0 Å². The molecule has 0 radical (unpaired) electrons. The first kappa shape index (κ1) is 20.7. The Balaban J connectivity index is 1.43. The molecule has 0 spiro atoms. The molecular weight excluding hydrogens is 424 g/mol. The van der Waals surface area contributed by atoms with Gasteiger partial charge in [0.05, 0.1) is 28.3 Å². The van der Waals surface area contributed by atoms with Crippen LogP contribution >= 0.6 is 11.3 Å². The molecule has 8 nitrogen and oxygen atoms in total. The summed E-state index contributed by atoms with van der Waals surface area (Å²) < 4.78 is 33.0. The zero-order valence-corrected chi connectivity index (χ0v) is 18.3. The van der Waals surface area contributed by atoms with Crippen LogP contribution in [-0.4, -0.2) is 49.9 Å². The lowest BCUT2D eigenvalue weighted by molar-refractivity contribution is 0.0730. The number of aryl methyl sites for hydroxylation is 2. The second-order valence-electron chi connectivity index (χ2n) is 7.07. The molecule has 4 rings (SSSR count). The molecule has 3 aromatic rings. The van der Waals surface area contributed by atoms with Crippen molar-refractivity contribution < 1.29 is 17.9 Å². The average Bonchev–Trinajstić information content (AvgIpc) is 3.16. The molecule has 0 unspecified atom stereocenters. The predicted molar refractivity (Wildman–Crippen MR) is 116 cm³/mol. The van der Waals surface area contributed by atoms with Gasteiger partial charge in [0.15, 0.2) is 0 Å². The molecule has 2 heterocycles. The van der Waals surface area contributed by atoms with Gasteiger partial charge in [-0.1, -0.05) is 17.4 Å². The fraction of sp³-hybridized carbons (Fsp3) is 0.300. The van der Waals surface area contributed by atoms with Crippen molar-refractivity contribution in [3.63, 3.8) is 0 Å². The minimum absolute atomic E-state index is 0.158. The lowest BCUT2D eigenvalue weighted by Crippen LogP contribution is -2.40. The number of nitrogens with zero attached hydrogens (tertiary/aromatic N) is 2. The van der Waals surface area contributed by atoms with Crippen molar-refractivity contribution in [1.82, 2.24) is 14.7 Å². The molecule has 158 valence electrons. The number of amides is 1. The Morgan fingerprint density at radius 1 is 1.13 bits per heavy atom. The molecule has 2 aromatic carbocycles. The molecule has 30 heavy (non-hydrogen) atoms. The minimum Gasteiger partial charge on any atom is -0.379 e. The van der Waals surface area contributed by atoms with Gasteiger partial charge in [0.1, 0.15) is 0 Å². The molecule has 1 aliphatic rings. The number of hydrogen-bond acceptors (Lipinski definition) is 7. The van der Waals surface area contributed by atoms with Crippen molar-refractivity contribution in [2.24, 2.45) is 0 Å². The minimum atomic E-state index is -3.58. The Morgan fingerprint density at radius 3 is 2.53 bits per heavy atom. The van der Waals surface area contributed by atoms with Crippen molar-refractivity contribution in [3.8, 4) is 0 Å². The smallest absolute Gasteiger partial charge is 0.269 e. The fourth-order valence-electron chi connectivity index (χ4n) is 3.32. The van der Waals surface area contributed by atoms with Gasteiger partial charge in [-0.05, 0) is 55.3 Å². The van der Waals surface area contributed by atoms with E-state index in [9.17, 15) is 13.2 Å². The highest BCUT2D eigenvalue weighted by Gasteiger charge is 2.26. The van der Waals surface area contributed by atoms with Gasteiger partial charge in [0, 0.05) is 18.7 Å². The molecule has 2 N–H and O–H groups in total. The highest BCUT2D eigenvalue weighted by atomic mass is 32.2. The third kappa shape index (κ3) is 4.17. The summed E-state index contributed by atoms with van der Waals surface area (Å²) in [6.45, 7) is 5.46. The van der Waals surface area contributed by atoms with E-state index in [1.807, 2.05) is 13.8 Å². The number of aromatic nitrogens is 1. The number of rotatable bonds is 5. The van der Waals surface area contributed by atoms with Gasteiger partial charge >= 0.3 is 0 Å². The number of benzene rings is 2. The van der Waals surface area contributed by atoms with E-state index in [1.165, 1.54) is 39.9 Å². The van der Waals surface area contributed by atoms with E-state index in [4.69, 9.17) is 4.74 Å². The van der Waals surface area contributed by atoms with Crippen LogP contribution < -0.4 is 10.9 Å². The van der Waals surface area contributed by atoms with Gasteiger partial charge in [0.2, 0.25) is 15.2 Å². The van der Waals surface area contributed by atoms with Crippen molar-refractivity contribution >= 4 is 42.6 Å². The molecule has 1 amide bonds. The summed E-state index contributed by atoms with van der Waals surface area (Å²) in [7, 11) is -3.58. The van der Waals surface area contributed by atoms with Crippen LogP contribution in [0.25, 0.3) is 10.2 Å². The number of carbonyl (C=O) groups is 1. The Bertz CT molecular complexity index is 1180. The lowest BCUT2D eigenvalue weighted by Gasteiger charge is -2.26. The van der Waals surface area contributed by atoms with Crippen LogP contribution in [-0.2, 0) is 14.8 Å². The van der Waals surface area contributed by atoms with Gasteiger partial charge < -0.3 is 4.74 Å². The van der Waals surface area contributed by atoms with E-state index < -0.39 is 10.0 Å². The molecule has 0 atom stereocenters. The first-order chi connectivity index (χ1) is 14.3. The summed E-state index contributed by atoms with van der Waals surface area (Å²) in [4.78, 5) is 17.1. The van der Waals surface area contributed by atoms with Crippen LogP contribution in [0.15, 0.2) is 41.3 Å². The summed E-state index contributed by atoms with van der Waals surface area (Å²) in [5.74, 6) is -0.377. The van der Waals surface area contributed by atoms with Gasteiger partial charge in [-0.3, -0.25) is 15.6 Å². The van der Waals surface area contributed by atoms with Crippen LogP contribution in [0, 0.1) is 13.8 Å². The molecule has 10 heteroatoms. The molecule has 1 fully saturated rings.